The van der Waals surface area contributed by atoms with Crippen LogP contribution in [0.5, 0.6) is 0 Å². The number of carbonyl (C=O) groups is 1. The van der Waals surface area contributed by atoms with Crippen LogP contribution in [0.2, 0.25) is 5.02 Å². The molecule has 1 aliphatic heterocycles. The van der Waals surface area contributed by atoms with E-state index in [1.54, 1.807) is 19.2 Å². The average molecular weight is 310 g/mol. The fraction of sp³-hybridized carbons (Fsp3) is 0.600. The normalized spacial score (nSPS) is 31.7. The summed E-state index contributed by atoms with van der Waals surface area (Å²) in [4.78, 5) is 16.4. The Labute approximate surface area is 129 Å². The molecule has 0 aromatic carbocycles. The van der Waals surface area contributed by atoms with Crippen LogP contribution in [0.3, 0.4) is 0 Å². The minimum Gasteiger partial charge on any atom is -0.379 e. The first kappa shape index (κ1) is 14.8. The minimum atomic E-state index is -0.164. The fourth-order valence-electron chi connectivity index (χ4n) is 3.44. The Morgan fingerprint density at radius 2 is 2.14 bits per heavy atom. The number of carbonyl (C=O) groups excluding carboxylic acids is 1. The molecule has 1 amide bonds. The SMILES string of the molecule is CO[C@H]1C[C@@H]2CNC[C@@H]2C[C@@H]1NC(=O)c1ccc(Cl)cn1. The van der Waals surface area contributed by atoms with E-state index in [4.69, 9.17) is 16.3 Å². The molecule has 4 atom stereocenters. The van der Waals surface area contributed by atoms with Crippen molar-refractivity contribution in [1.29, 1.82) is 0 Å². The Morgan fingerprint density at radius 1 is 1.38 bits per heavy atom. The molecule has 21 heavy (non-hydrogen) atoms. The maximum atomic E-state index is 12.3. The van der Waals surface area contributed by atoms with Gasteiger partial charge in [0.15, 0.2) is 0 Å². The zero-order chi connectivity index (χ0) is 14.8. The van der Waals surface area contributed by atoms with Crippen molar-refractivity contribution in [2.24, 2.45) is 11.8 Å². The first-order valence-electron chi connectivity index (χ1n) is 7.33. The number of halogens is 1. The molecule has 1 aromatic heterocycles. The Morgan fingerprint density at radius 3 is 2.81 bits per heavy atom. The van der Waals surface area contributed by atoms with Crippen molar-refractivity contribution in [3.8, 4) is 0 Å². The average Bonchev–Trinajstić information content (AvgIpc) is 2.94. The van der Waals surface area contributed by atoms with E-state index in [1.807, 2.05) is 0 Å². The molecule has 0 radical (unpaired) electrons. The van der Waals surface area contributed by atoms with Gasteiger partial charge in [0.25, 0.3) is 5.91 Å². The highest BCUT2D eigenvalue weighted by Gasteiger charge is 2.40. The van der Waals surface area contributed by atoms with Crippen LogP contribution >= 0.6 is 11.6 Å². The summed E-state index contributed by atoms with van der Waals surface area (Å²) in [6, 6.07) is 3.36. The third-order valence-electron chi connectivity index (χ3n) is 4.60. The number of rotatable bonds is 3. The maximum absolute atomic E-state index is 12.3. The molecule has 1 aliphatic carbocycles. The highest BCUT2D eigenvalue weighted by Crippen LogP contribution is 2.34. The van der Waals surface area contributed by atoms with Gasteiger partial charge in [-0.15, -0.1) is 0 Å². The number of pyridine rings is 1. The zero-order valence-corrected chi connectivity index (χ0v) is 12.8. The lowest BCUT2D eigenvalue weighted by atomic mass is 9.77. The van der Waals surface area contributed by atoms with Crippen molar-refractivity contribution in [2.75, 3.05) is 20.2 Å². The Bertz CT molecular complexity index is 508. The number of hydrogen-bond donors (Lipinski definition) is 2. The maximum Gasteiger partial charge on any atom is 0.270 e. The quantitative estimate of drug-likeness (QED) is 0.888. The molecule has 2 N–H and O–H groups in total. The van der Waals surface area contributed by atoms with Gasteiger partial charge in [0.05, 0.1) is 17.2 Å². The van der Waals surface area contributed by atoms with Gasteiger partial charge in [0, 0.05) is 13.3 Å². The summed E-state index contributed by atoms with van der Waals surface area (Å²) in [6.07, 6.45) is 3.51. The number of fused-ring (bicyclic) bond motifs is 1. The van der Waals surface area contributed by atoms with Gasteiger partial charge in [-0.3, -0.25) is 4.79 Å². The van der Waals surface area contributed by atoms with E-state index in [1.165, 1.54) is 6.20 Å². The number of methoxy groups -OCH3 is 1. The summed E-state index contributed by atoms with van der Waals surface area (Å²) >= 11 is 5.79. The molecule has 1 saturated carbocycles. The molecule has 3 rings (SSSR count). The topological polar surface area (TPSA) is 63.2 Å². The van der Waals surface area contributed by atoms with Crippen LogP contribution in [0.4, 0.5) is 0 Å². The summed E-state index contributed by atoms with van der Waals surface area (Å²) in [5, 5.41) is 7.02. The first-order chi connectivity index (χ1) is 10.2. The van der Waals surface area contributed by atoms with Crippen molar-refractivity contribution in [2.45, 2.75) is 25.0 Å². The van der Waals surface area contributed by atoms with Crippen molar-refractivity contribution in [3.63, 3.8) is 0 Å². The van der Waals surface area contributed by atoms with E-state index >= 15 is 0 Å². The number of ether oxygens (including phenoxy) is 1. The molecule has 1 aromatic rings. The molecule has 0 unspecified atom stereocenters. The second-order valence-corrected chi connectivity index (χ2v) is 6.30. The van der Waals surface area contributed by atoms with Crippen LogP contribution in [0.25, 0.3) is 0 Å². The second-order valence-electron chi connectivity index (χ2n) is 5.87. The van der Waals surface area contributed by atoms with Gasteiger partial charge < -0.3 is 15.4 Å². The Hall–Kier alpha value is -1.17. The fourth-order valence-corrected chi connectivity index (χ4v) is 3.56. The number of nitrogens with zero attached hydrogens (tertiary/aromatic N) is 1. The molecule has 2 aliphatic rings. The number of amides is 1. The van der Waals surface area contributed by atoms with Crippen LogP contribution in [-0.4, -0.2) is 43.2 Å². The second kappa shape index (κ2) is 6.30. The molecule has 2 heterocycles. The van der Waals surface area contributed by atoms with Gasteiger partial charge in [-0.2, -0.15) is 0 Å². The van der Waals surface area contributed by atoms with Crippen LogP contribution in [-0.2, 0) is 4.74 Å². The molecule has 5 nitrogen and oxygen atoms in total. The van der Waals surface area contributed by atoms with Gasteiger partial charge in [-0.05, 0) is 49.9 Å². The molecule has 6 heteroatoms. The number of aromatic nitrogens is 1. The van der Waals surface area contributed by atoms with Crippen molar-refractivity contribution >= 4 is 17.5 Å². The van der Waals surface area contributed by atoms with E-state index in [2.05, 4.69) is 15.6 Å². The van der Waals surface area contributed by atoms with Crippen molar-refractivity contribution in [3.05, 3.63) is 29.0 Å². The smallest absolute Gasteiger partial charge is 0.270 e. The standard InChI is InChI=1S/C15H20ClN3O2/c1-21-14-5-10-7-17-6-9(10)4-13(14)19-15(20)12-3-2-11(16)8-18-12/h2-3,8-10,13-14,17H,4-7H2,1H3,(H,19,20)/t9-,10+,13-,14-/m0/s1. The third-order valence-corrected chi connectivity index (χ3v) is 4.82. The van der Waals surface area contributed by atoms with Gasteiger partial charge >= 0.3 is 0 Å². The van der Waals surface area contributed by atoms with Gasteiger partial charge in [-0.25, -0.2) is 4.98 Å². The van der Waals surface area contributed by atoms with E-state index < -0.39 is 0 Å². The largest absolute Gasteiger partial charge is 0.379 e. The number of nitrogens with one attached hydrogen (secondary N) is 2. The Kier molecular flexibility index (Phi) is 4.42. The third kappa shape index (κ3) is 3.20. The summed E-state index contributed by atoms with van der Waals surface area (Å²) in [6.45, 7) is 2.09. The first-order valence-corrected chi connectivity index (χ1v) is 7.71. The van der Waals surface area contributed by atoms with Crippen LogP contribution < -0.4 is 10.6 Å². The summed E-state index contributed by atoms with van der Waals surface area (Å²) in [5.74, 6) is 1.12. The molecule has 114 valence electrons. The highest BCUT2D eigenvalue weighted by atomic mass is 35.5. The van der Waals surface area contributed by atoms with Crippen molar-refractivity contribution in [1.82, 2.24) is 15.6 Å². The summed E-state index contributed by atoms with van der Waals surface area (Å²) < 4.78 is 5.58. The molecular weight excluding hydrogens is 290 g/mol. The lowest BCUT2D eigenvalue weighted by molar-refractivity contribution is 0.0125. The molecule has 0 bridgehead atoms. The summed E-state index contributed by atoms with van der Waals surface area (Å²) in [5.41, 5.74) is 0.390. The number of hydrogen-bond acceptors (Lipinski definition) is 4. The van der Waals surface area contributed by atoms with Gasteiger partial charge in [0.1, 0.15) is 5.69 Å². The van der Waals surface area contributed by atoms with E-state index in [0.717, 1.165) is 25.9 Å². The Balaban J connectivity index is 1.67. The lowest BCUT2D eigenvalue weighted by Gasteiger charge is -2.37. The van der Waals surface area contributed by atoms with Crippen LogP contribution in [0, 0.1) is 11.8 Å². The highest BCUT2D eigenvalue weighted by molar-refractivity contribution is 6.30. The molecule has 2 fully saturated rings. The molecule has 0 spiro atoms. The zero-order valence-electron chi connectivity index (χ0n) is 12.0. The predicted molar refractivity (Wildman–Crippen MR) is 80.4 cm³/mol. The lowest BCUT2D eigenvalue weighted by Crippen LogP contribution is -2.50. The van der Waals surface area contributed by atoms with Crippen molar-refractivity contribution < 1.29 is 9.53 Å². The van der Waals surface area contributed by atoms with E-state index in [-0.39, 0.29) is 18.1 Å². The molecule has 1 saturated heterocycles. The van der Waals surface area contributed by atoms with E-state index in [9.17, 15) is 4.79 Å². The van der Waals surface area contributed by atoms with Gasteiger partial charge in [-0.1, -0.05) is 11.6 Å². The summed E-state index contributed by atoms with van der Waals surface area (Å²) in [7, 11) is 1.72. The van der Waals surface area contributed by atoms with Gasteiger partial charge in [0.2, 0.25) is 0 Å². The minimum absolute atomic E-state index is 0.0427. The monoisotopic (exact) mass is 309 g/mol. The van der Waals surface area contributed by atoms with Crippen LogP contribution in [0.1, 0.15) is 23.3 Å². The predicted octanol–water partition coefficient (Wildman–Crippen LogP) is 1.48. The van der Waals surface area contributed by atoms with Crippen LogP contribution in [0.15, 0.2) is 18.3 Å². The molecular formula is C15H20ClN3O2. The van der Waals surface area contributed by atoms with E-state index in [0.29, 0.717) is 22.6 Å².